The molecule has 0 amide bonds. The van der Waals surface area contributed by atoms with Crippen LogP contribution in [0.1, 0.15) is 12.8 Å². The van der Waals surface area contributed by atoms with Crippen molar-refractivity contribution in [2.24, 2.45) is 5.84 Å². The van der Waals surface area contributed by atoms with Gasteiger partial charge in [0.05, 0.1) is 25.0 Å². The van der Waals surface area contributed by atoms with Gasteiger partial charge in [0.2, 0.25) is 0 Å². The Morgan fingerprint density at radius 1 is 1.60 bits per heavy atom. The summed E-state index contributed by atoms with van der Waals surface area (Å²) in [6, 6.07) is 0.160. The monoisotopic (exact) mass is 209 g/mol. The maximum Gasteiger partial charge on any atom is 0.160 e. The zero-order valence-corrected chi connectivity index (χ0v) is 8.43. The van der Waals surface area contributed by atoms with Crippen molar-refractivity contribution in [2.45, 2.75) is 18.9 Å². The number of nitrogens with one attached hydrogen (secondary N) is 1. The summed E-state index contributed by atoms with van der Waals surface area (Å²) in [6.07, 6.45) is 5.33. The molecule has 1 unspecified atom stereocenters. The van der Waals surface area contributed by atoms with Gasteiger partial charge in [0.15, 0.2) is 5.82 Å². The molecule has 0 aromatic carbocycles. The van der Waals surface area contributed by atoms with Gasteiger partial charge in [-0.2, -0.15) is 0 Å². The molecular formula is C9H15N5O. The number of nitrogen functional groups attached to an aromatic ring is 1. The molecule has 1 aromatic heterocycles. The van der Waals surface area contributed by atoms with E-state index in [1.54, 1.807) is 12.4 Å². The van der Waals surface area contributed by atoms with Gasteiger partial charge in [-0.3, -0.25) is 4.98 Å². The predicted molar refractivity (Wildman–Crippen MR) is 57.3 cm³/mol. The first-order valence-corrected chi connectivity index (χ1v) is 5.01. The highest BCUT2D eigenvalue weighted by molar-refractivity contribution is 5.44. The first-order valence-electron chi connectivity index (χ1n) is 5.01. The maximum atomic E-state index is 9.19. The third-order valence-electron chi connectivity index (χ3n) is 2.65. The van der Waals surface area contributed by atoms with Crippen LogP contribution in [0.4, 0.5) is 11.6 Å². The molecule has 1 aromatic rings. The number of aromatic nitrogens is 2. The Balaban J connectivity index is 2.20. The summed E-state index contributed by atoms with van der Waals surface area (Å²) in [5, 5.41) is 9.19. The van der Waals surface area contributed by atoms with Gasteiger partial charge in [-0.1, -0.05) is 0 Å². The lowest BCUT2D eigenvalue weighted by molar-refractivity contribution is 0.266. The summed E-state index contributed by atoms with van der Waals surface area (Å²) in [7, 11) is 0. The smallest absolute Gasteiger partial charge is 0.160 e. The lowest BCUT2D eigenvalue weighted by atomic mass is 10.2. The van der Waals surface area contributed by atoms with E-state index < -0.39 is 0 Å². The molecule has 0 aliphatic carbocycles. The van der Waals surface area contributed by atoms with Crippen molar-refractivity contribution in [1.29, 1.82) is 0 Å². The lowest BCUT2D eigenvalue weighted by Crippen LogP contribution is -2.33. The average Bonchev–Trinajstić information content (AvgIpc) is 2.77. The molecule has 6 heteroatoms. The quantitative estimate of drug-likeness (QED) is 0.469. The molecule has 0 bridgehead atoms. The summed E-state index contributed by atoms with van der Waals surface area (Å²) < 4.78 is 0. The number of nitrogens with zero attached hydrogens (tertiary/aromatic N) is 3. The summed E-state index contributed by atoms with van der Waals surface area (Å²) in [4.78, 5) is 10.4. The molecule has 1 aliphatic heterocycles. The molecule has 2 rings (SSSR count). The van der Waals surface area contributed by atoms with E-state index >= 15 is 0 Å². The highest BCUT2D eigenvalue weighted by atomic mass is 16.3. The number of rotatable bonds is 3. The normalized spacial score (nSPS) is 20.7. The van der Waals surface area contributed by atoms with Crippen LogP contribution in [-0.4, -0.2) is 34.3 Å². The first-order chi connectivity index (χ1) is 7.35. The van der Waals surface area contributed by atoms with E-state index in [0.29, 0.717) is 5.82 Å². The molecule has 0 spiro atoms. The van der Waals surface area contributed by atoms with E-state index in [9.17, 15) is 5.11 Å². The number of hydrogen-bond donors (Lipinski definition) is 3. The van der Waals surface area contributed by atoms with Crippen molar-refractivity contribution in [1.82, 2.24) is 9.97 Å². The van der Waals surface area contributed by atoms with Gasteiger partial charge in [-0.05, 0) is 12.8 Å². The van der Waals surface area contributed by atoms with E-state index in [4.69, 9.17) is 5.84 Å². The zero-order chi connectivity index (χ0) is 10.7. The van der Waals surface area contributed by atoms with Crippen molar-refractivity contribution in [2.75, 3.05) is 23.5 Å². The fourth-order valence-electron chi connectivity index (χ4n) is 1.89. The van der Waals surface area contributed by atoms with Crippen molar-refractivity contribution >= 4 is 11.6 Å². The number of nitrogens with two attached hydrogens (primary N) is 1. The van der Waals surface area contributed by atoms with Gasteiger partial charge in [0, 0.05) is 6.54 Å². The Labute approximate surface area is 88.1 Å². The number of aliphatic hydroxyl groups excluding tert-OH is 1. The summed E-state index contributed by atoms with van der Waals surface area (Å²) in [6.45, 7) is 1.07. The summed E-state index contributed by atoms with van der Waals surface area (Å²) >= 11 is 0. The van der Waals surface area contributed by atoms with E-state index in [2.05, 4.69) is 20.3 Å². The molecule has 0 radical (unpaired) electrons. The fraction of sp³-hybridized carbons (Fsp3) is 0.556. The minimum atomic E-state index is 0.155. The topological polar surface area (TPSA) is 87.3 Å². The van der Waals surface area contributed by atoms with Crippen LogP contribution in [0.25, 0.3) is 0 Å². The van der Waals surface area contributed by atoms with Crippen LogP contribution in [0.2, 0.25) is 0 Å². The van der Waals surface area contributed by atoms with Crippen LogP contribution >= 0.6 is 0 Å². The number of hydrazine groups is 1. The van der Waals surface area contributed by atoms with Crippen LogP contribution in [0.3, 0.4) is 0 Å². The molecule has 2 heterocycles. The van der Waals surface area contributed by atoms with Crippen LogP contribution in [-0.2, 0) is 0 Å². The third kappa shape index (κ3) is 2.00. The predicted octanol–water partition coefficient (Wildman–Crippen LogP) is -0.277. The Morgan fingerprint density at radius 2 is 2.47 bits per heavy atom. The zero-order valence-electron chi connectivity index (χ0n) is 8.43. The molecule has 4 N–H and O–H groups in total. The SMILES string of the molecule is NNc1cncc(N2CCCC2CO)n1. The van der Waals surface area contributed by atoms with Gasteiger partial charge < -0.3 is 15.4 Å². The van der Waals surface area contributed by atoms with Crippen molar-refractivity contribution in [3.63, 3.8) is 0 Å². The summed E-state index contributed by atoms with van der Waals surface area (Å²) in [5.74, 6) is 6.57. The van der Waals surface area contributed by atoms with Crippen LogP contribution in [0.15, 0.2) is 12.4 Å². The standard InChI is InChI=1S/C9H15N5O/c10-13-8-4-11-5-9(12-8)14-3-1-2-7(14)6-15/h4-5,7,15H,1-3,6,10H2,(H,12,13). The molecule has 0 saturated carbocycles. The Kier molecular flexibility index (Phi) is 2.98. The van der Waals surface area contributed by atoms with E-state index in [1.807, 2.05) is 0 Å². The molecule has 82 valence electrons. The molecule has 1 aliphatic rings. The summed E-state index contributed by atoms with van der Waals surface area (Å²) in [5.41, 5.74) is 2.46. The highest BCUT2D eigenvalue weighted by Crippen LogP contribution is 2.23. The van der Waals surface area contributed by atoms with E-state index in [-0.39, 0.29) is 12.6 Å². The van der Waals surface area contributed by atoms with Crippen LogP contribution in [0.5, 0.6) is 0 Å². The fourth-order valence-corrected chi connectivity index (χ4v) is 1.89. The van der Waals surface area contributed by atoms with Gasteiger partial charge in [0.25, 0.3) is 0 Å². The van der Waals surface area contributed by atoms with Crippen LogP contribution < -0.4 is 16.2 Å². The molecular weight excluding hydrogens is 194 g/mol. The van der Waals surface area contributed by atoms with Crippen molar-refractivity contribution in [3.05, 3.63) is 12.4 Å². The lowest BCUT2D eigenvalue weighted by Gasteiger charge is -2.23. The molecule has 6 nitrogen and oxygen atoms in total. The maximum absolute atomic E-state index is 9.19. The molecule has 1 fully saturated rings. The van der Waals surface area contributed by atoms with Crippen LogP contribution in [0, 0.1) is 0 Å². The average molecular weight is 209 g/mol. The number of aliphatic hydroxyl groups is 1. The molecule has 1 saturated heterocycles. The van der Waals surface area contributed by atoms with E-state index in [1.165, 1.54) is 0 Å². The molecule has 1 atom stereocenters. The second kappa shape index (κ2) is 4.41. The van der Waals surface area contributed by atoms with Crippen molar-refractivity contribution < 1.29 is 5.11 Å². The number of anilines is 2. The Bertz CT molecular complexity index is 332. The van der Waals surface area contributed by atoms with Gasteiger partial charge >= 0.3 is 0 Å². The Hall–Kier alpha value is -1.40. The highest BCUT2D eigenvalue weighted by Gasteiger charge is 2.25. The van der Waals surface area contributed by atoms with Gasteiger partial charge in [0.1, 0.15) is 5.82 Å². The molecule has 15 heavy (non-hydrogen) atoms. The third-order valence-corrected chi connectivity index (χ3v) is 2.65. The minimum Gasteiger partial charge on any atom is -0.394 e. The largest absolute Gasteiger partial charge is 0.394 e. The minimum absolute atomic E-state index is 0.155. The Morgan fingerprint density at radius 3 is 3.20 bits per heavy atom. The number of hydrogen-bond acceptors (Lipinski definition) is 6. The van der Waals surface area contributed by atoms with Gasteiger partial charge in [-0.15, -0.1) is 0 Å². The second-order valence-corrected chi connectivity index (χ2v) is 3.58. The first kappa shape index (κ1) is 10.1. The van der Waals surface area contributed by atoms with E-state index in [0.717, 1.165) is 25.2 Å². The van der Waals surface area contributed by atoms with Crippen molar-refractivity contribution in [3.8, 4) is 0 Å². The second-order valence-electron chi connectivity index (χ2n) is 3.58. The van der Waals surface area contributed by atoms with Gasteiger partial charge in [-0.25, -0.2) is 10.8 Å².